The van der Waals surface area contributed by atoms with Crippen LogP contribution in [0.15, 0.2) is 129 Å². The first kappa shape index (κ1) is 104. The fourth-order valence-electron chi connectivity index (χ4n) is 22.3. The first-order chi connectivity index (χ1) is 63.0. The van der Waals surface area contributed by atoms with Crippen LogP contribution < -0.4 is 0 Å². The molecule has 132 heavy (non-hydrogen) atoms. The van der Waals surface area contributed by atoms with Gasteiger partial charge in [-0.1, -0.05) is 149 Å². The Morgan fingerprint density at radius 3 is 1.23 bits per heavy atom. The normalized spacial score (nSPS) is 45.0. The van der Waals surface area contributed by atoms with Crippen LogP contribution >= 0.6 is 0 Å². The van der Waals surface area contributed by atoms with Crippen molar-refractivity contribution in [1.82, 2.24) is 0 Å². The van der Waals surface area contributed by atoms with E-state index in [1.807, 2.05) is 76.3 Å². The molecule has 12 heterocycles. The summed E-state index contributed by atoms with van der Waals surface area (Å²) in [5.41, 5.74) is 1.65. The molecule has 2 saturated carbocycles. The van der Waals surface area contributed by atoms with Crippen LogP contribution in [0.1, 0.15) is 211 Å². The fourth-order valence-corrected chi connectivity index (χ4v) is 22.3. The Morgan fingerprint density at radius 2 is 0.856 bits per heavy atom. The largest absolute Gasteiger partial charge is 0.462 e. The molecule has 16 aliphatic rings. The summed E-state index contributed by atoms with van der Waals surface area (Å²) in [5, 5.41) is 55.2. The van der Waals surface area contributed by atoms with Gasteiger partial charge in [0.25, 0.3) is 0 Å². The zero-order valence-corrected chi connectivity index (χ0v) is 80.7. The lowest BCUT2D eigenvalue weighted by atomic mass is 9.71. The average Bonchev–Trinajstić information content (AvgIpc) is 1.55. The van der Waals surface area contributed by atoms with Gasteiger partial charge in [-0.3, -0.25) is 18.7 Å². The van der Waals surface area contributed by atoms with E-state index >= 15 is 0 Å². The van der Waals surface area contributed by atoms with Crippen LogP contribution in [0, 0.1) is 47.3 Å². The van der Waals surface area contributed by atoms with Crippen molar-refractivity contribution in [2.75, 3.05) is 62.0 Å². The molecule has 32 atom stereocenters. The third-order valence-electron chi connectivity index (χ3n) is 29.5. The van der Waals surface area contributed by atoms with Crippen molar-refractivity contribution in [3.05, 3.63) is 119 Å². The monoisotopic (exact) mass is 1880 g/mol. The predicted octanol–water partition coefficient (Wildman–Crippen LogP) is 12.7. The summed E-state index contributed by atoms with van der Waals surface area (Å²) in [6, 6.07) is 0. The quantitative estimate of drug-likeness (QED) is 0.0432. The fraction of sp³-hybridized carbons (Fsp3) is 0.758. The highest BCUT2D eigenvalue weighted by Crippen LogP contribution is 2.51. The molecule has 0 amide bonds. The third kappa shape index (κ3) is 24.6. The molecule has 8 saturated heterocycles. The topological polar surface area (TPSA) is 399 Å². The minimum Gasteiger partial charge on any atom is -0.462 e. The van der Waals surface area contributed by atoms with Gasteiger partial charge in [0.2, 0.25) is 0 Å². The Hall–Kier alpha value is -5.65. The number of carbonyl (C=O) groups excluding carboxylic acids is 2. The number of aliphatic hydroxyl groups excluding tert-OH is 2. The van der Waals surface area contributed by atoms with Gasteiger partial charge in [0.1, 0.15) is 91.4 Å². The standard InChI is InChI=1S/C51H75NO14.C44H63NO11.C4H8O.H2O4S/c1-28-14-13-17-35-27-59-48-43(52-58-9)31(4)22-38(51(35,48)55)49(54)62-37-23-36(65-50(26-37)21-20-30(3)46(66-50)34-15-11-10-12-16-34)19-18-29(2)45(28)63-42-25-40(57-8)47(33(6)61-42)64-41-24-39(56-7)44(53)32(5)60-41;1-25-12-11-15-31-24-51-41-37(45-50-7)28(4)20-34(44(31,41)48)42(47)53-33-21-32(17-16-26(2)39(25)54-36-22-35(49-6)38(46)29(5)52-36)55-43(23-33)19-18-27(3)40(56-43)30-13-9-8-10-14-30;1-2-4-5-3-1;1-5(2,3)4/h13-14,17-18,20-22,28,30,32-34,36-42,44-48,53,55H,10-12,15-16,19,23-27H2,1-9H3;11-12,15-16,18-20,25,27,29-30,32-36,38-41,46,48H,8-10,13-14,17,21-24H2,1-7H3;1-4H2;(H2,1,2,3,4)/b14-13+,29-18+,35-17+,52-43+;12-11+,26-16+,31-15+,45-37+;;/t28-,30-,32-,33-,36+,37-,38-,39-,40-,41-,42-,44-,45-,46-,47-,48+,50+,51+;25-,27-,29-,32+,33-,34-,35-,36-,38-,39-,40-,41+,43+,44+;;/m00../s1. The maximum Gasteiger partial charge on any atom is 0.394 e. The summed E-state index contributed by atoms with van der Waals surface area (Å²) in [5.74, 6) is -4.40. The predicted molar refractivity (Wildman–Crippen MR) is 485 cm³/mol. The highest BCUT2D eigenvalue weighted by Gasteiger charge is 2.63. The molecule has 0 aromatic rings. The molecule has 32 nitrogen and oxygen atoms in total. The molecule has 10 fully saturated rings. The number of esters is 2. The van der Waals surface area contributed by atoms with Crippen molar-refractivity contribution in [1.29, 1.82) is 0 Å². The van der Waals surface area contributed by atoms with Crippen LogP contribution in [0.2, 0.25) is 0 Å². The number of allylic oxidation sites excluding steroid dienone is 4. The summed E-state index contributed by atoms with van der Waals surface area (Å²) < 4.78 is 146. The lowest BCUT2D eigenvalue weighted by Crippen LogP contribution is -2.57. The van der Waals surface area contributed by atoms with Gasteiger partial charge < -0.3 is 115 Å². The summed E-state index contributed by atoms with van der Waals surface area (Å²) in [7, 11) is 3.06. The van der Waals surface area contributed by atoms with E-state index < -0.39 is 161 Å². The molecule has 4 aliphatic carbocycles. The molecular weight excluding hydrogens is 1730 g/mol. The van der Waals surface area contributed by atoms with E-state index in [0.717, 1.165) is 50.0 Å². The summed E-state index contributed by atoms with van der Waals surface area (Å²) >= 11 is 0. The van der Waals surface area contributed by atoms with Crippen LogP contribution in [0.25, 0.3) is 0 Å². The second kappa shape index (κ2) is 46.0. The van der Waals surface area contributed by atoms with Crippen LogP contribution in [0.5, 0.6) is 0 Å². The molecular formula is C99H148N2O30S. The molecule has 740 valence electrons. The first-order valence-electron chi connectivity index (χ1n) is 48.0. The molecule has 0 aromatic heterocycles. The van der Waals surface area contributed by atoms with Crippen LogP contribution in [0.3, 0.4) is 0 Å². The molecule has 6 N–H and O–H groups in total. The second-order valence-electron chi connectivity index (χ2n) is 39.0. The number of rotatable bonds is 13. The average molecular weight is 1880 g/mol. The van der Waals surface area contributed by atoms with Crippen LogP contribution in [-0.4, -0.2) is 281 Å². The number of hydrogen-bond donors (Lipinski definition) is 6. The molecule has 33 heteroatoms. The van der Waals surface area contributed by atoms with Gasteiger partial charge in [-0.05, 0) is 157 Å². The van der Waals surface area contributed by atoms with Crippen molar-refractivity contribution in [3.63, 3.8) is 0 Å². The Balaban J connectivity index is 0.000000205. The molecule has 2 spiro atoms. The van der Waals surface area contributed by atoms with Gasteiger partial charge >= 0.3 is 22.3 Å². The minimum absolute atomic E-state index is 0.00416. The van der Waals surface area contributed by atoms with Gasteiger partial charge in [-0.25, -0.2) is 0 Å². The van der Waals surface area contributed by atoms with Crippen molar-refractivity contribution in [2.45, 2.75) is 369 Å². The van der Waals surface area contributed by atoms with Crippen LogP contribution in [-0.2, 0) is 115 Å². The maximum atomic E-state index is 14.6. The summed E-state index contributed by atoms with van der Waals surface area (Å²) in [6.45, 7) is 24.1. The van der Waals surface area contributed by atoms with Crippen molar-refractivity contribution < 1.29 is 142 Å². The van der Waals surface area contributed by atoms with E-state index in [0.29, 0.717) is 103 Å². The zero-order chi connectivity index (χ0) is 94.7. The number of aliphatic hydroxyl groups is 4. The highest BCUT2D eigenvalue weighted by atomic mass is 32.3. The zero-order valence-electron chi connectivity index (χ0n) is 79.9. The van der Waals surface area contributed by atoms with Gasteiger partial charge in [0.15, 0.2) is 30.4 Å². The van der Waals surface area contributed by atoms with Gasteiger partial charge in [-0.2, -0.15) is 8.42 Å². The Bertz CT molecular complexity index is 4360. The number of nitrogens with zero attached hydrogens (tertiary/aromatic N) is 2. The van der Waals surface area contributed by atoms with Gasteiger partial charge in [0.05, 0.1) is 86.5 Å². The molecule has 16 rings (SSSR count). The van der Waals surface area contributed by atoms with Crippen molar-refractivity contribution in [3.8, 4) is 0 Å². The number of carbonyl (C=O) groups is 2. The molecule has 4 bridgehead atoms. The minimum atomic E-state index is -4.67. The van der Waals surface area contributed by atoms with E-state index in [-0.39, 0.29) is 67.4 Å². The summed E-state index contributed by atoms with van der Waals surface area (Å²) in [6.07, 6.45) is 34.8. The number of oxime groups is 2. The molecule has 0 radical (unpaired) electrons. The van der Waals surface area contributed by atoms with E-state index in [1.54, 1.807) is 40.4 Å². The van der Waals surface area contributed by atoms with E-state index in [4.69, 9.17) is 112 Å². The van der Waals surface area contributed by atoms with E-state index in [9.17, 15) is 30.0 Å². The van der Waals surface area contributed by atoms with E-state index in [2.05, 4.69) is 76.2 Å². The Morgan fingerprint density at radius 1 is 0.470 bits per heavy atom. The lowest BCUT2D eigenvalue weighted by molar-refractivity contribution is -0.318. The maximum absolute atomic E-state index is 14.6. The number of hydrogen-bond acceptors (Lipinski definition) is 30. The van der Waals surface area contributed by atoms with Crippen LogP contribution in [0.4, 0.5) is 0 Å². The van der Waals surface area contributed by atoms with Gasteiger partial charge in [0, 0.05) is 103 Å². The second-order valence-corrected chi connectivity index (χ2v) is 39.9. The van der Waals surface area contributed by atoms with Crippen molar-refractivity contribution >= 4 is 33.8 Å². The van der Waals surface area contributed by atoms with Gasteiger partial charge in [-0.15, -0.1) is 0 Å². The van der Waals surface area contributed by atoms with Crippen molar-refractivity contribution in [2.24, 2.45) is 57.7 Å². The first-order valence-corrected chi connectivity index (χ1v) is 49.4. The Labute approximate surface area is 779 Å². The SMILES string of the molecule is C1CCOC1.CO/N=C1\C(C)=C[C@H]2C(=O)O[C@H]3C[C@@H](C/C=C(\C)[C@@H](O[C@H]4C[C@H](OC)[C@@H](O)[C@H](C)O4)[C@@H](C)/C=C/C=C4\CO[C@H]1[C@@]42O)O[C@@]1(C=C[C@H](C)[C@@H](C2CCCCC2)O1)C3.CO/N=C1\C(C)=C[C@H]2C(=O)O[C@H]3C[C@@H](C/C=C(\C)[C@@H](O[C@H]4C[C@H](OC)[C@@H](O[C@H]5C[C@H](OC)[C@@H](O)[C@H](C)O5)[C@H](C)O4)[C@@H](C)/C=C/C=C4\CO[C@H]1[C@@]42O)O[C@@]1(C=C[C@H](C)[C@@H](C2CCCCC2)O1)C3.O=S(=O)(O)O. The number of methoxy groups -OCH3 is 3. The molecule has 0 aromatic carbocycles. The Kier molecular flexibility index (Phi) is 36.1. The summed E-state index contributed by atoms with van der Waals surface area (Å²) in [4.78, 5) is 39.5. The lowest BCUT2D eigenvalue weighted by Gasteiger charge is -2.49. The smallest absolute Gasteiger partial charge is 0.394 e. The molecule has 12 aliphatic heterocycles. The molecule has 0 unspecified atom stereocenters. The number of fused-ring (bicyclic) bond motifs is 4. The van der Waals surface area contributed by atoms with E-state index in [1.165, 1.54) is 65.6 Å². The third-order valence-corrected chi connectivity index (χ3v) is 29.5. The highest BCUT2D eigenvalue weighted by molar-refractivity contribution is 7.79. The number of ether oxygens (including phenoxy) is 18.